The topological polar surface area (TPSA) is 29.0 Å². The first-order valence-electron chi connectivity index (χ1n) is 19.9. The van der Waals surface area contributed by atoms with Crippen LogP contribution in [-0.2, 0) is 5.41 Å². The number of aromatic nitrogens is 2. The van der Waals surface area contributed by atoms with E-state index in [2.05, 4.69) is 205 Å². The maximum absolute atomic E-state index is 5.22. The highest BCUT2D eigenvalue weighted by atomic mass is 15.2. The normalized spacial score (nSPS) is 13.3. The Morgan fingerprint density at radius 2 is 0.983 bits per heavy atom. The summed E-state index contributed by atoms with van der Waals surface area (Å²) in [5.74, 6) is 0.715. The van der Waals surface area contributed by atoms with Crippen molar-refractivity contribution in [3.8, 4) is 44.9 Å². The highest BCUT2D eigenvalue weighted by Crippen LogP contribution is 2.64. The number of benzene rings is 9. The van der Waals surface area contributed by atoms with Crippen LogP contribution in [0.2, 0.25) is 0 Å². The number of hydrogen-bond acceptors (Lipinski definition) is 3. The molecule has 2 heterocycles. The fourth-order valence-electron chi connectivity index (χ4n) is 9.82. The Morgan fingerprint density at radius 3 is 1.78 bits per heavy atom. The number of anilines is 3. The first kappa shape index (κ1) is 32.6. The molecule has 0 saturated carbocycles. The van der Waals surface area contributed by atoms with E-state index in [1.54, 1.807) is 0 Å². The molecule has 12 rings (SSSR count). The zero-order chi connectivity index (χ0) is 38.2. The van der Waals surface area contributed by atoms with E-state index >= 15 is 0 Å². The summed E-state index contributed by atoms with van der Waals surface area (Å²) < 4.78 is 0. The Kier molecular flexibility index (Phi) is 7.14. The van der Waals surface area contributed by atoms with Crippen LogP contribution in [0.3, 0.4) is 0 Å². The lowest BCUT2D eigenvalue weighted by molar-refractivity contribution is 0.759. The van der Waals surface area contributed by atoms with Gasteiger partial charge in [0.1, 0.15) is 0 Å². The van der Waals surface area contributed by atoms with Crippen molar-refractivity contribution < 1.29 is 0 Å². The number of rotatable bonds is 4. The van der Waals surface area contributed by atoms with Gasteiger partial charge in [0.25, 0.3) is 0 Å². The van der Waals surface area contributed by atoms with Crippen molar-refractivity contribution in [1.29, 1.82) is 0 Å². The molecule has 0 amide bonds. The average Bonchev–Trinajstić information content (AvgIpc) is 3.60. The van der Waals surface area contributed by atoms with Gasteiger partial charge in [0.05, 0.1) is 28.0 Å². The van der Waals surface area contributed by atoms with Crippen molar-refractivity contribution in [3.05, 3.63) is 235 Å². The second-order valence-electron chi connectivity index (χ2n) is 15.3. The second kappa shape index (κ2) is 12.7. The van der Waals surface area contributed by atoms with E-state index in [-0.39, 0.29) is 0 Å². The Labute approximate surface area is 337 Å². The molecule has 3 nitrogen and oxygen atoms in total. The van der Waals surface area contributed by atoms with Crippen LogP contribution in [0, 0.1) is 0 Å². The van der Waals surface area contributed by atoms with Crippen molar-refractivity contribution in [3.63, 3.8) is 0 Å². The molecule has 10 aromatic rings. The quantitative estimate of drug-likeness (QED) is 0.180. The second-order valence-corrected chi connectivity index (χ2v) is 15.3. The van der Waals surface area contributed by atoms with E-state index in [1.807, 2.05) is 12.1 Å². The molecule has 2 aliphatic rings. The number of para-hydroxylation sites is 4. The summed E-state index contributed by atoms with van der Waals surface area (Å²) in [4.78, 5) is 12.8. The molecule has 270 valence electrons. The monoisotopic (exact) mass is 737 g/mol. The molecule has 1 spiro atoms. The summed E-state index contributed by atoms with van der Waals surface area (Å²) in [6.07, 6.45) is 0. The summed E-state index contributed by atoms with van der Waals surface area (Å²) in [7, 11) is 0. The van der Waals surface area contributed by atoms with Gasteiger partial charge in [-0.25, -0.2) is 9.97 Å². The molecule has 58 heavy (non-hydrogen) atoms. The van der Waals surface area contributed by atoms with E-state index in [4.69, 9.17) is 9.97 Å². The highest BCUT2D eigenvalue weighted by molar-refractivity contribution is 6.04. The molecular formula is C55H35N3. The molecule has 1 aliphatic carbocycles. The van der Waals surface area contributed by atoms with Gasteiger partial charge >= 0.3 is 0 Å². The van der Waals surface area contributed by atoms with Crippen LogP contribution in [0.1, 0.15) is 22.3 Å². The summed E-state index contributed by atoms with van der Waals surface area (Å²) in [5, 5.41) is 3.57. The SMILES string of the molecule is c1ccc(-c2nc(-c3cccc(-c4ccc5c(c4)C4(c6ccccc6N(c6ccccc6)c6ccccc64)c4c-5ccc5ccccc45)c3)nc3ccccc23)cc1. The first-order chi connectivity index (χ1) is 28.8. The van der Waals surface area contributed by atoms with E-state index in [0.29, 0.717) is 5.82 Å². The van der Waals surface area contributed by atoms with Crippen LogP contribution >= 0.6 is 0 Å². The molecule has 9 aromatic carbocycles. The maximum Gasteiger partial charge on any atom is 0.160 e. The highest BCUT2D eigenvalue weighted by Gasteiger charge is 2.52. The summed E-state index contributed by atoms with van der Waals surface area (Å²) in [6.45, 7) is 0. The third-order valence-electron chi connectivity index (χ3n) is 12.2. The van der Waals surface area contributed by atoms with Crippen LogP contribution in [0.15, 0.2) is 212 Å². The minimum absolute atomic E-state index is 0.580. The molecular weight excluding hydrogens is 703 g/mol. The number of fused-ring (bicyclic) bond motifs is 12. The van der Waals surface area contributed by atoms with Crippen molar-refractivity contribution in [2.75, 3.05) is 4.90 Å². The van der Waals surface area contributed by atoms with Gasteiger partial charge in [-0.3, -0.25) is 0 Å². The third kappa shape index (κ3) is 4.68. The van der Waals surface area contributed by atoms with Crippen molar-refractivity contribution >= 4 is 38.7 Å². The van der Waals surface area contributed by atoms with E-state index < -0.39 is 5.41 Å². The first-order valence-corrected chi connectivity index (χ1v) is 19.9. The zero-order valence-electron chi connectivity index (χ0n) is 31.5. The van der Waals surface area contributed by atoms with E-state index in [1.165, 1.54) is 55.5 Å². The molecule has 0 N–H and O–H groups in total. The lowest BCUT2D eigenvalue weighted by Crippen LogP contribution is -2.36. The van der Waals surface area contributed by atoms with Crippen LogP contribution in [0.4, 0.5) is 17.1 Å². The summed E-state index contributed by atoms with van der Waals surface area (Å²) >= 11 is 0. The lowest BCUT2D eigenvalue weighted by atomic mass is 9.63. The van der Waals surface area contributed by atoms with Gasteiger partial charge in [-0.15, -0.1) is 0 Å². The standard InChI is InChI=1S/C55H35N3/c1-3-17-37(18-4-1)53-45-24-9-12-27-49(45)56-54(57-53)40-20-15-19-38(34-40)39-31-32-43-44-33-30-36-16-7-8-23-42(36)52(44)55(48(43)35-39)46-25-10-13-28-50(46)58(41-21-5-2-6-22-41)51-29-14-11-26-47(51)55/h1-35H. The molecule has 0 bridgehead atoms. The fourth-order valence-corrected chi connectivity index (χ4v) is 9.82. The van der Waals surface area contributed by atoms with E-state index in [0.717, 1.165) is 44.5 Å². The molecule has 0 atom stereocenters. The van der Waals surface area contributed by atoms with Crippen molar-refractivity contribution in [2.45, 2.75) is 5.41 Å². The predicted octanol–water partition coefficient (Wildman–Crippen LogP) is 13.9. The average molecular weight is 738 g/mol. The van der Waals surface area contributed by atoms with Gasteiger partial charge in [-0.1, -0.05) is 170 Å². The Morgan fingerprint density at radius 1 is 0.379 bits per heavy atom. The lowest BCUT2D eigenvalue weighted by Gasteiger charge is -2.45. The van der Waals surface area contributed by atoms with Crippen LogP contribution < -0.4 is 4.90 Å². The minimum Gasteiger partial charge on any atom is -0.310 e. The molecule has 1 aromatic heterocycles. The molecule has 0 fully saturated rings. The van der Waals surface area contributed by atoms with Crippen LogP contribution in [0.5, 0.6) is 0 Å². The van der Waals surface area contributed by atoms with Crippen molar-refractivity contribution in [2.24, 2.45) is 0 Å². The Bertz CT molecular complexity index is 3190. The van der Waals surface area contributed by atoms with Gasteiger partial charge in [-0.05, 0) is 97.7 Å². The molecule has 1 aliphatic heterocycles. The summed E-state index contributed by atoms with van der Waals surface area (Å²) in [6, 6.07) is 77.0. The van der Waals surface area contributed by atoms with Gasteiger partial charge in [0.2, 0.25) is 0 Å². The van der Waals surface area contributed by atoms with Gasteiger partial charge in [0.15, 0.2) is 5.82 Å². The Balaban J connectivity index is 1.10. The molecule has 0 unspecified atom stereocenters. The third-order valence-corrected chi connectivity index (χ3v) is 12.2. The largest absolute Gasteiger partial charge is 0.310 e. The summed E-state index contributed by atoms with van der Waals surface area (Å²) in [5.41, 5.74) is 16.9. The van der Waals surface area contributed by atoms with Crippen molar-refractivity contribution in [1.82, 2.24) is 9.97 Å². The Hall–Kier alpha value is -7.62. The van der Waals surface area contributed by atoms with Crippen LogP contribution in [-0.4, -0.2) is 9.97 Å². The smallest absolute Gasteiger partial charge is 0.160 e. The zero-order valence-corrected chi connectivity index (χ0v) is 31.5. The molecule has 0 saturated heterocycles. The van der Waals surface area contributed by atoms with Gasteiger partial charge < -0.3 is 4.90 Å². The maximum atomic E-state index is 5.22. The molecule has 3 heteroatoms. The van der Waals surface area contributed by atoms with E-state index in [9.17, 15) is 0 Å². The minimum atomic E-state index is -0.580. The predicted molar refractivity (Wildman–Crippen MR) is 239 cm³/mol. The number of hydrogen-bond donors (Lipinski definition) is 0. The number of nitrogens with zero attached hydrogens (tertiary/aromatic N) is 3. The van der Waals surface area contributed by atoms with Gasteiger partial charge in [0, 0.05) is 22.2 Å². The van der Waals surface area contributed by atoms with Crippen LogP contribution in [0.25, 0.3) is 66.6 Å². The van der Waals surface area contributed by atoms with Gasteiger partial charge in [-0.2, -0.15) is 0 Å². The fraction of sp³-hybridized carbons (Fsp3) is 0.0182. The molecule has 0 radical (unpaired) electrons.